The van der Waals surface area contributed by atoms with Crippen molar-refractivity contribution in [2.75, 3.05) is 0 Å². The normalized spacial score (nSPS) is 11.6. The minimum absolute atomic E-state index is 0.588. The van der Waals surface area contributed by atoms with Crippen LogP contribution >= 0.6 is 0 Å². The van der Waals surface area contributed by atoms with Crippen molar-refractivity contribution in [3.63, 3.8) is 0 Å². The summed E-state index contributed by atoms with van der Waals surface area (Å²) in [7, 11) is 0. The third-order valence-electron chi connectivity index (χ3n) is 14.3. The second kappa shape index (κ2) is 17.3. The van der Waals surface area contributed by atoms with Gasteiger partial charge in [-0.2, -0.15) is 0 Å². The Morgan fingerprint density at radius 2 is 0.736 bits per heavy atom. The average molecular weight is 925 g/mol. The topological polar surface area (TPSA) is 61.4 Å². The van der Waals surface area contributed by atoms with Gasteiger partial charge < -0.3 is 9.13 Å². The van der Waals surface area contributed by atoms with E-state index >= 15 is 0 Å². The number of nitrogens with zero attached hydrogens (tertiary/aromatic N) is 6. The molecule has 0 N–H and O–H groups in total. The monoisotopic (exact) mass is 924 g/mol. The third-order valence-corrected chi connectivity index (χ3v) is 14.3. The summed E-state index contributed by atoms with van der Waals surface area (Å²) >= 11 is 0. The lowest BCUT2D eigenvalue weighted by molar-refractivity contribution is 1.07. The van der Waals surface area contributed by atoms with Crippen LogP contribution in [0, 0.1) is 27.7 Å². The number of hydrogen-bond acceptors (Lipinski definition) is 4. The van der Waals surface area contributed by atoms with E-state index in [2.05, 4.69) is 207 Å². The van der Waals surface area contributed by atoms with E-state index in [9.17, 15) is 0 Å². The average Bonchev–Trinajstić information content (AvgIpc) is 3.93. The number of rotatable bonds is 8. The van der Waals surface area contributed by atoms with Gasteiger partial charge in [0.05, 0.1) is 39.6 Å². The van der Waals surface area contributed by atoms with Crippen molar-refractivity contribution >= 4 is 43.6 Å². The molecular weight excluding hydrogens is 877 g/mol. The molecule has 0 unspecified atom stereocenters. The second-order valence-electron chi connectivity index (χ2n) is 19.0. The minimum atomic E-state index is 0.588. The van der Waals surface area contributed by atoms with Crippen molar-refractivity contribution in [3.8, 4) is 78.9 Å². The fraction of sp³-hybridized carbons (Fsp3) is 0.0606. The number of hydrogen-bond donors (Lipinski definition) is 0. The molecule has 9 aromatic carbocycles. The van der Waals surface area contributed by atoms with Gasteiger partial charge in [-0.3, -0.25) is 4.98 Å². The quantitative estimate of drug-likeness (QED) is 0.152. The minimum Gasteiger partial charge on any atom is -0.309 e. The van der Waals surface area contributed by atoms with E-state index in [0.717, 1.165) is 61.3 Å². The van der Waals surface area contributed by atoms with E-state index in [1.165, 1.54) is 66.1 Å². The first-order valence-corrected chi connectivity index (χ1v) is 24.5. The Labute approximate surface area is 418 Å². The van der Waals surface area contributed by atoms with Gasteiger partial charge in [-0.1, -0.05) is 169 Å². The smallest absolute Gasteiger partial charge is 0.164 e. The lowest BCUT2D eigenvalue weighted by atomic mass is 9.97. The zero-order chi connectivity index (χ0) is 48.5. The van der Waals surface area contributed by atoms with Crippen LogP contribution in [0.25, 0.3) is 123 Å². The first kappa shape index (κ1) is 42.8. The maximum atomic E-state index is 5.23. The van der Waals surface area contributed by atoms with E-state index in [1.807, 2.05) is 48.8 Å². The van der Waals surface area contributed by atoms with Gasteiger partial charge >= 0.3 is 0 Å². The Kier molecular flexibility index (Phi) is 10.3. The Bertz CT molecular complexity index is 4200. The van der Waals surface area contributed by atoms with Crippen LogP contribution in [0.4, 0.5) is 0 Å². The van der Waals surface area contributed by atoms with E-state index in [0.29, 0.717) is 17.5 Å². The Balaban J connectivity index is 1.08. The Morgan fingerprint density at radius 1 is 0.306 bits per heavy atom. The van der Waals surface area contributed by atoms with E-state index < -0.39 is 0 Å². The molecule has 0 fully saturated rings. The fourth-order valence-electron chi connectivity index (χ4n) is 10.9. The molecule has 72 heavy (non-hydrogen) atoms. The maximum Gasteiger partial charge on any atom is 0.164 e. The lowest BCUT2D eigenvalue weighted by Gasteiger charge is -2.19. The highest BCUT2D eigenvalue weighted by molar-refractivity contribution is 6.13. The largest absolute Gasteiger partial charge is 0.309 e. The second-order valence-corrected chi connectivity index (χ2v) is 19.0. The first-order valence-electron chi connectivity index (χ1n) is 24.5. The number of fused-ring (bicyclic) bond motifs is 6. The summed E-state index contributed by atoms with van der Waals surface area (Å²) in [5.41, 5.74) is 21.1. The van der Waals surface area contributed by atoms with Gasteiger partial charge in [-0.25, -0.2) is 15.0 Å². The van der Waals surface area contributed by atoms with Crippen molar-refractivity contribution < 1.29 is 0 Å². The molecular formula is C66H48N6. The van der Waals surface area contributed by atoms with Crippen LogP contribution < -0.4 is 0 Å². The predicted molar refractivity (Wildman–Crippen MR) is 298 cm³/mol. The van der Waals surface area contributed by atoms with E-state index in [1.54, 1.807) is 0 Å². The molecule has 0 bridgehead atoms. The third kappa shape index (κ3) is 7.26. The van der Waals surface area contributed by atoms with Crippen LogP contribution in [0.1, 0.15) is 22.3 Å². The summed E-state index contributed by atoms with van der Waals surface area (Å²) in [5.74, 6) is 1.82. The summed E-state index contributed by atoms with van der Waals surface area (Å²) in [6.45, 7) is 8.71. The van der Waals surface area contributed by atoms with Crippen LogP contribution in [0.15, 0.2) is 219 Å². The summed E-state index contributed by atoms with van der Waals surface area (Å²) < 4.78 is 4.82. The van der Waals surface area contributed by atoms with E-state index in [4.69, 9.17) is 19.9 Å². The van der Waals surface area contributed by atoms with Crippen molar-refractivity contribution in [1.29, 1.82) is 0 Å². The molecule has 0 aliphatic carbocycles. The summed E-state index contributed by atoms with van der Waals surface area (Å²) in [6.07, 6.45) is 3.93. The summed E-state index contributed by atoms with van der Waals surface area (Å²) in [5, 5.41) is 4.72. The molecule has 0 aliphatic rings. The van der Waals surface area contributed by atoms with Crippen LogP contribution in [-0.2, 0) is 0 Å². The number of para-hydroxylation sites is 2. The van der Waals surface area contributed by atoms with Crippen LogP contribution in [0.3, 0.4) is 0 Å². The van der Waals surface area contributed by atoms with Crippen molar-refractivity contribution in [2.45, 2.75) is 27.7 Å². The molecule has 0 atom stereocenters. The highest BCUT2D eigenvalue weighted by Crippen LogP contribution is 2.43. The first-order chi connectivity index (χ1) is 35.3. The molecule has 0 spiro atoms. The van der Waals surface area contributed by atoms with Gasteiger partial charge in [0.25, 0.3) is 0 Å². The molecule has 0 amide bonds. The fourth-order valence-corrected chi connectivity index (χ4v) is 10.9. The van der Waals surface area contributed by atoms with Gasteiger partial charge in [-0.15, -0.1) is 0 Å². The van der Waals surface area contributed by atoms with Gasteiger partial charge in [0.15, 0.2) is 17.5 Å². The standard InChI is InChI=1S/C66H48N6/c1-41-23-28-50(43(3)35-41)47-26-31-60-56(37-47)52-19-11-13-21-58(52)71(60)62-39-49(66-69-64(45-15-7-5-8-16-45)68-65(70-66)46-17-9-6-10-18-46)25-30-54(62)55-33-34-67-40-63(55)72-59-22-14-12-20-53(59)57-38-48(27-32-61(57)72)51-29-24-42(2)36-44(51)4/h5-40H,1-4H3. The van der Waals surface area contributed by atoms with Crippen molar-refractivity contribution in [3.05, 3.63) is 241 Å². The van der Waals surface area contributed by atoms with Crippen LogP contribution in [-0.4, -0.2) is 29.1 Å². The van der Waals surface area contributed by atoms with Crippen LogP contribution in [0.2, 0.25) is 0 Å². The van der Waals surface area contributed by atoms with Gasteiger partial charge in [0, 0.05) is 55.6 Å². The summed E-state index contributed by atoms with van der Waals surface area (Å²) in [4.78, 5) is 20.4. The molecule has 342 valence electrons. The van der Waals surface area contributed by atoms with Gasteiger partial charge in [0.2, 0.25) is 0 Å². The number of aromatic nitrogens is 6. The molecule has 0 saturated heterocycles. The molecule has 6 nitrogen and oxygen atoms in total. The van der Waals surface area contributed by atoms with Gasteiger partial charge in [-0.05, 0) is 110 Å². The highest BCUT2D eigenvalue weighted by atomic mass is 15.0. The highest BCUT2D eigenvalue weighted by Gasteiger charge is 2.23. The lowest BCUT2D eigenvalue weighted by Crippen LogP contribution is -2.04. The number of benzene rings is 9. The van der Waals surface area contributed by atoms with Crippen molar-refractivity contribution in [2.24, 2.45) is 0 Å². The van der Waals surface area contributed by atoms with Gasteiger partial charge in [0.1, 0.15) is 0 Å². The molecule has 6 heteroatoms. The zero-order valence-electron chi connectivity index (χ0n) is 40.5. The predicted octanol–water partition coefficient (Wildman–Crippen LogP) is 16.7. The Hall–Kier alpha value is -9.26. The summed E-state index contributed by atoms with van der Waals surface area (Å²) in [6, 6.07) is 73.9. The van der Waals surface area contributed by atoms with E-state index in [-0.39, 0.29) is 0 Å². The number of pyridine rings is 1. The maximum absolute atomic E-state index is 5.23. The molecule has 4 aromatic heterocycles. The molecule has 0 radical (unpaired) electrons. The molecule has 0 saturated carbocycles. The van der Waals surface area contributed by atoms with Crippen molar-refractivity contribution in [1.82, 2.24) is 29.1 Å². The molecule has 4 heterocycles. The SMILES string of the molecule is Cc1ccc(-c2ccc3c(c2)c2ccccc2n3-c2cnccc2-c2ccc(-c3nc(-c4ccccc4)nc(-c4ccccc4)n3)cc2-n2c3ccccc3c3cc(-c4ccc(C)cc4C)ccc32)c(C)c1. The molecule has 13 aromatic rings. The molecule has 13 rings (SSSR count). The number of aryl methyl sites for hydroxylation is 4. The zero-order valence-corrected chi connectivity index (χ0v) is 40.5. The Morgan fingerprint density at radius 3 is 1.26 bits per heavy atom. The molecule has 0 aliphatic heterocycles. The van der Waals surface area contributed by atoms with Crippen LogP contribution in [0.5, 0.6) is 0 Å².